The summed E-state index contributed by atoms with van der Waals surface area (Å²) in [6, 6.07) is 19.5. The van der Waals surface area contributed by atoms with Crippen LogP contribution in [0.2, 0.25) is 0 Å². The number of aromatic amines is 1. The number of aryl methyl sites for hydroxylation is 1. The minimum atomic E-state index is -0.134. The highest BCUT2D eigenvalue weighted by Gasteiger charge is 2.17. The number of hydrogen-bond donors (Lipinski definition) is 1. The Balaban J connectivity index is 1.94. The lowest BCUT2D eigenvalue weighted by molar-refractivity contribution is 0.415. The van der Waals surface area contributed by atoms with E-state index in [4.69, 9.17) is 4.74 Å². The molecule has 0 atom stereocenters. The van der Waals surface area contributed by atoms with Crippen molar-refractivity contribution in [1.29, 1.82) is 0 Å². The summed E-state index contributed by atoms with van der Waals surface area (Å²) >= 11 is 0. The average Bonchev–Trinajstić information content (AvgIpc) is 3.01. The van der Waals surface area contributed by atoms with Crippen molar-refractivity contribution in [2.75, 3.05) is 7.11 Å². The van der Waals surface area contributed by atoms with Gasteiger partial charge in [-0.05, 0) is 30.2 Å². The third kappa shape index (κ3) is 2.88. The highest BCUT2D eigenvalue weighted by Crippen LogP contribution is 2.30. The Kier molecular flexibility index (Phi) is 4.05. The van der Waals surface area contributed by atoms with E-state index in [0.717, 1.165) is 33.8 Å². The van der Waals surface area contributed by atoms with Crippen LogP contribution in [0.5, 0.6) is 5.75 Å². The Morgan fingerprint density at radius 3 is 2.50 bits per heavy atom. The maximum atomic E-state index is 12.4. The molecule has 4 aromatic rings. The van der Waals surface area contributed by atoms with E-state index < -0.39 is 0 Å². The van der Waals surface area contributed by atoms with Gasteiger partial charge in [0.25, 0.3) is 5.56 Å². The van der Waals surface area contributed by atoms with Crippen LogP contribution < -0.4 is 10.3 Å². The molecule has 0 fully saturated rings. The fraction of sp³-hybridized carbons (Fsp3) is 0.143. The Hall–Kier alpha value is -3.34. The molecule has 5 heteroatoms. The molecule has 1 N–H and O–H groups in total. The number of rotatable bonds is 4. The standard InChI is InChI=1S/C21H19N3O2/c1-14-12-19(25)24-21(22-14)20(16-8-10-17(26-2)11-9-16)18(23-24)13-15-6-4-3-5-7-15/h3-12,22H,13H2,1-2H3. The molecule has 0 aliphatic carbocycles. The van der Waals surface area contributed by atoms with Gasteiger partial charge in [0.1, 0.15) is 11.4 Å². The lowest BCUT2D eigenvalue weighted by atomic mass is 10.0. The molecular formula is C21H19N3O2. The molecule has 2 aromatic heterocycles. The SMILES string of the molecule is COc1ccc(-c2c(Cc3ccccc3)nn3c(=O)cc(C)[nH]c23)cc1. The van der Waals surface area contributed by atoms with Crippen LogP contribution in [0.15, 0.2) is 65.5 Å². The molecule has 0 saturated heterocycles. The first-order valence-electron chi connectivity index (χ1n) is 8.45. The lowest BCUT2D eigenvalue weighted by Gasteiger charge is -2.06. The van der Waals surface area contributed by atoms with Crippen LogP contribution in [-0.4, -0.2) is 21.7 Å². The molecule has 0 aliphatic rings. The second-order valence-electron chi connectivity index (χ2n) is 6.26. The molecule has 0 spiro atoms. The summed E-state index contributed by atoms with van der Waals surface area (Å²) in [4.78, 5) is 15.7. The van der Waals surface area contributed by atoms with Crippen molar-refractivity contribution in [2.45, 2.75) is 13.3 Å². The van der Waals surface area contributed by atoms with Crippen LogP contribution in [0, 0.1) is 6.92 Å². The van der Waals surface area contributed by atoms with Gasteiger partial charge in [0, 0.05) is 23.7 Å². The highest BCUT2D eigenvalue weighted by atomic mass is 16.5. The molecule has 130 valence electrons. The Morgan fingerprint density at radius 1 is 1.08 bits per heavy atom. The van der Waals surface area contributed by atoms with Crippen molar-refractivity contribution in [3.8, 4) is 16.9 Å². The maximum absolute atomic E-state index is 12.4. The van der Waals surface area contributed by atoms with E-state index in [1.807, 2.05) is 49.4 Å². The van der Waals surface area contributed by atoms with Gasteiger partial charge < -0.3 is 9.72 Å². The molecular weight excluding hydrogens is 326 g/mol. The van der Waals surface area contributed by atoms with Crippen molar-refractivity contribution in [3.05, 3.63) is 88.0 Å². The summed E-state index contributed by atoms with van der Waals surface area (Å²) in [5, 5.41) is 4.61. The number of nitrogens with one attached hydrogen (secondary N) is 1. The van der Waals surface area contributed by atoms with Crippen molar-refractivity contribution >= 4 is 5.65 Å². The number of methoxy groups -OCH3 is 1. The van der Waals surface area contributed by atoms with Crippen LogP contribution in [0.25, 0.3) is 16.8 Å². The summed E-state index contributed by atoms with van der Waals surface area (Å²) < 4.78 is 6.71. The second-order valence-corrected chi connectivity index (χ2v) is 6.26. The van der Waals surface area contributed by atoms with Crippen LogP contribution in [0.4, 0.5) is 0 Å². The number of hydrogen-bond acceptors (Lipinski definition) is 3. The van der Waals surface area contributed by atoms with E-state index in [-0.39, 0.29) is 5.56 Å². The molecule has 2 aromatic carbocycles. The number of aromatic nitrogens is 3. The first-order chi connectivity index (χ1) is 12.7. The zero-order valence-electron chi connectivity index (χ0n) is 14.7. The van der Waals surface area contributed by atoms with Gasteiger partial charge in [0.2, 0.25) is 0 Å². The number of benzene rings is 2. The van der Waals surface area contributed by atoms with Crippen molar-refractivity contribution in [3.63, 3.8) is 0 Å². The minimum Gasteiger partial charge on any atom is -0.497 e. The predicted molar refractivity (Wildman–Crippen MR) is 102 cm³/mol. The molecule has 0 aliphatic heterocycles. The number of nitrogens with zero attached hydrogens (tertiary/aromatic N) is 2. The third-order valence-corrected chi connectivity index (χ3v) is 4.42. The average molecular weight is 345 g/mol. The van der Waals surface area contributed by atoms with E-state index in [2.05, 4.69) is 22.2 Å². The second kappa shape index (κ2) is 6.52. The normalized spacial score (nSPS) is 11.0. The predicted octanol–water partition coefficient (Wildman–Crippen LogP) is 3.60. The summed E-state index contributed by atoms with van der Waals surface area (Å²) in [7, 11) is 1.64. The van der Waals surface area contributed by atoms with Gasteiger partial charge in [-0.1, -0.05) is 42.5 Å². The van der Waals surface area contributed by atoms with Gasteiger partial charge in [0.15, 0.2) is 0 Å². The third-order valence-electron chi connectivity index (χ3n) is 4.42. The summed E-state index contributed by atoms with van der Waals surface area (Å²) in [5.74, 6) is 0.791. The van der Waals surface area contributed by atoms with Gasteiger partial charge in [-0.25, -0.2) is 0 Å². The maximum Gasteiger partial charge on any atom is 0.274 e. The van der Waals surface area contributed by atoms with E-state index in [1.165, 1.54) is 4.52 Å². The van der Waals surface area contributed by atoms with Gasteiger partial charge >= 0.3 is 0 Å². The Morgan fingerprint density at radius 2 is 1.81 bits per heavy atom. The van der Waals surface area contributed by atoms with Crippen LogP contribution in [0.1, 0.15) is 17.0 Å². The molecule has 5 nitrogen and oxygen atoms in total. The molecule has 26 heavy (non-hydrogen) atoms. The number of H-pyrrole nitrogens is 1. The number of fused-ring (bicyclic) bond motifs is 1. The van der Waals surface area contributed by atoms with E-state index in [0.29, 0.717) is 12.1 Å². The Bertz CT molecular complexity index is 1110. The Labute approximate surface area is 150 Å². The van der Waals surface area contributed by atoms with Crippen LogP contribution >= 0.6 is 0 Å². The van der Waals surface area contributed by atoms with Crippen molar-refractivity contribution in [2.24, 2.45) is 0 Å². The lowest BCUT2D eigenvalue weighted by Crippen LogP contribution is -2.14. The van der Waals surface area contributed by atoms with Crippen molar-refractivity contribution in [1.82, 2.24) is 14.6 Å². The van der Waals surface area contributed by atoms with Gasteiger partial charge in [-0.3, -0.25) is 4.79 Å². The van der Waals surface area contributed by atoms with Gasteiger partial charge in [-0.15, -0.1) is 0 Å². The topological polar surface area (TPSA) is 59.4 Å². The zero-order chi connectivity index (χ0) is 18.1. The van der Waals surface area contributed by atoms with E-state index >= 15 is 0 Å². The fourth-order valence-corrected chi connectivity index (χ4v) is 3.18. The van der Waals surface area contributed by atoms with E-state index in [1.54, 1.807) is 13.2 Å². The quantitative estimate of drug-likeness (QED) is 0.615. The fourth-order valence-electron chi connectivity index (χ4n) is 3.18. The first-order valence-corrected chi connectivity index (χ1v) is 8.45. The molecule has 0 unspecified atom stereocenters. The monoisotopic (exact) mass is 345 g/mol. The highest BCUT2D eigenvalue weighted by molar-refractivity contribution is 5.80. The molecule has 4 rings (SSSR count). The zero-order valence-corrected chi connectivity index (χ0v) is 14.7. The smallest absolute Gasteiger partial charge is 0.274 e. The number of ether oxygens (including phenoxy) is 1. The molecule has 0 bridgehead atoms. The summed E-state index contributed by atoms with van der Waals surface area (Å²) in [5.41, 5.74) is 5.33. The molecule has 0 amide bonds. The van der Waals surface area contributed by atoms with E-state index in [9.17, 15) is 4.79 Å². The summed E-state index contributed by atoms with van der Waals surface area (Å²) in [6.45, 7) is 1.88. The summed E-state index contributed by atoms with van der Waals surface area (Å²) in [6.07, 6.45) is 0.649. The van der Waals surface area contributed by atoms with Crippen LogP contribution in [-0.2, 0) is 6.42 Å². The van der Waals surface area contributed by atoms with Crippen molar-refractivity contribution < 1.29 is 4.74 Å². The molecule has 2 heterocycles. The molecule has 0 saturated carbocycles. The minimum absolute atomic E-state index is 0.134. The first kappa shape index (κ1) is 16.1. The van der Waals surface area contributed by atoms with Gasteiger partial charge in [0.05, 0.1) is 12.8 Å². The van der Waals surface area contributed by atoms with Crippen LogP contribution in [0.3, 0.4) is 0 Å². The molecule has 0 radical (unpaired) electrons. The van der Waals surface area contributed by atoms with Gasteiger partial charge in [-0.2, -0.15) is 9.61 Å². The largest absolute Gasteiger partial charge is 0.497 e.